The summed E-state index contributed by atoms with van der Waals surface area (Å²) in [4.78, 5) is 0. The zero-order chi connectivity index (χ0) is 9.84. The van der Waals surface area contributed by atoms with Crippen molar-refractivity contribution in [2.24, 2.45) is 0 Å². The van der Waals surface area contributed by atoms with E-state index >= 15 is 0 Å². The third-order valence-electron chi connectivity index (χ3n) is 2.28. The molecule has 0 aliphatic rings. The van der Waals surface area contributed by atoms with Gasteiger partial charge in [-0.1, -0.05) is 12.1 Å². The zero-order valence-corrected chi connectivity index (χ0v) is 8.55. The van der Waals surface area contributed by atoms with Gasteiger partial charge in [-0.15, -0.1) is 6.58 Å². The summed E-state index contributed by atoms with van der Waals surface area (Å²) in [5, 5.41) is 0. The van der Waals surface area contributed by atoms with E-state index in [1.54, 1.807) is 7.11 Å². The highest BCUT2D eigenvalue weighted by Crippen LogP contribution is 2.23. The van der Waals surface area contributed by atoms with Crippen molar-refractivity contribution < 1.29 is 4.74 Å². The van der Waals surface area contributed by atoms with Gasteiger partial charge in [-0.25, -0.2) is 0 Å². The van der Waals surface area contributed by atoms with Crippen molar-refractivity contribution in [2.45, 2.75) is 20.3 Å². The van der Waals surface area contributed by atoms with E-state index in [0.29, 0.717) is 0 Å². The van der Waals surface area contributed by atoms with Crippen LogP contribution in [0.15, 0.2) is 24.8 Å². The summed E-state index contributed by atoms with van der Waals surface area (Å²) < 4.78 is 5.28. The van der Waals surface area contributed by atoms with E-state index in [2.05, 4.69) is 32.6 Å². The second-order valence-corrected chi connectivity index (χ2v) is 3.23. The SMILES string of the molecule is C=CCc1cc(C)c(C)c(OC)c1. The molecule has 0 saturated heterocycles. The minimum absolute atomic E-state index is 0.900. The number of hydrogen-bond donors (Lipinski definition) is 0. The number of hydrogen-bond acceptors (Lipinski definition) is 1. The summed E-state index contributed by atoms with van der Waals surface area (Å²) in [6.45, 7) is 7.90. The predicted octanol–water partition coefficient (Wildman–Crippen LogP) is 3.04. The Hall–Kier alpha value is -1.24. The molecular weight excluding hydrogens is 160 g/mol. The molecule has 1 rings (SSSR count). The van der Waals surface area contributed by atoms with Gasteiger partial charge in [-0.3, -0.25) is 0 Å². The quantitative estimate of drug-likeness (QED) is 0.643. The van der Waals surface area contributed by atoms with E-state index in [0.717, 1.165) is 12.2 Å². The number of methoxy groups -OCH3 is 1. The highest BCUT2D eigenvalue weighted by atomic mass is 16.5. The molecule has 0 bridgehead atoms. The van der Waals surface area contributed by atoms with E-state index < -0.39 is 0 Å². The molecule has 0 amide bonds. The molecule has 1 aromatic rings. The maximum Gasteiger partial charge on any atom is 0.122 e. The maximum absolute atomic E-state index is 5.28. The number of rotatable bonds is 3. The van der Waals surface area contributed by atoms with Crippen LogP contribution in [0.5, 0.6) is 5.75 Å². The number of aryl methyl sites for hydroxylation is 1. The Kier molecular flexibility index (Phi) is 3.13. The molecule has 13 heavy (non-hydrogen) atoms. The second kappa shape index (κ2) is 4.13. The fraction of sp³-hybridized carbons (Fsp3) is 0.333. The van der Waals surface area contributed by atoms with Gasteiger partial charge in [0.25, 0.3) is 0 Å². The molecule has 0 N–H and O–H groups in total. The molecule has 70 valence electrons. The molecule has 0 aromatic heterocycles. The van der Waals surface area contributed by atoms with Crippen LogP contribution in [0.3, 0.4) is 0 Å². The lowest BCUT2D eigenvalue weighted by molar-refractivity contribution is 0.411. The fourth-order valence-corrected chi connectivity index (χ4v) is 1.40. The van der Waals surface area contributed by atoms with Gasteiger partial charge in [0, 0.05) is 0 Å². The van der Waals surface area contributed by atoms with Gasteiger partial charge in [-0.2, -0.15) is 0 Å². The lowest BCUT2D eigenvalue weighted by Gasteiger charge is -2.09. The van der Waals surface area contributed by atoms with Gasteiger partial charge in [-0.05, 0) is 43.0 Å². The smallest absolute Gasteiger partial charge is 0.122 e. The van der Waals surface area contributed by atoms with Crippen LogP contribution < -0.4 is 4.74 Å². The highest BCUT2D eigenvalue weighted by molar-refractivity contribution is 5.42. The predicted molar refractivity (Wildman–Crippen MR) is 56.4 cm³/mol. The minimum Gasteiger partial charge on any atom is -0.496 e. The lowest BCUT2D eigenvalue weighted by atomic mass is 10.0. The Labute approximate surface area is 80.0 Å². The first-order valence-electron chi connectivity index (χ1n) is 4.44. The molecule has 0 unspecified atom stereocenters. The van der Waals surface area contributed by atoms with Gasteiger partial charge in [0.15, 0.2) is 0 Å². The summed E-state index contributed by atoms with van der Waals surface area (Å²) >= 11 is 0. The standard InChI is InChI=1S/C12H16O/c1-5-6-11-7-9(2)10(3)12(8-11)13-4/h5,7-8H,1,6H2,2-4H3. The van der Waals surface area contributed by atoms with Gasteiger partial charge in [0.2, 0.25) is 0 Å². The zero-order valence-electron chi connectivity index (χ0n) is 8.55. The van der Waals surface area contributed by atoms with Crippen LogP contribution in [0, 0.1) is 13.8 Å². The summed E-state index contributed by atoms with van der Waals surface area (Å²) in [5.41, 5.74) is 3.75. The topological polar surface area (TPSA) is 9.23 Å². The van der Waals surface area contributed by atoms with Crippen molar-refractivity contribution in [1.29, 1.82) is 0 Å². The van der Waals surface area contributed by atoms with Gasteiger partial charge >= 0.3 is 0 Å². The number of allylic oxidation sites excluding steroid dienone is 1. The van der Waals surface area contributed by atoms with Crippen LogP contribution in [-0.2, 0) is 6.42 Å². The molecule has 0 aliphatic heterocycles. The van der Waals surface area contributed by atoms with Crippen LogP contribution >= 0.6 is 0 Å². The number of ether oxygens (including phenoxy) is 1. The van der Waals surface area contributed by atoms with E-state index in [-0.39, 0.29) is 0 Å². The highest BCUT2D eigenvalue weighted by Gasteiger charge is 2.03. The molecule has 1 nitrogen and oxygen atoms in total. The molecule has 0 heterocycles. The molecule has 0 atom stereocenters. The molecular formula is C12H16O. The van der Waals surface area contributed by atoms with E-state index in [1.807, 2.05) is 6.08 Å². The summed E-state index contributed by atoms with van der Waals surface area (Å²) in [7, 11) is 1.71. The Bertz CT molecular complexity index is 313. The van der Waals surface area contributed by atoms with E-state index in [4.69, 9.17) is 4.74 Å². The van der Waals surface area contributed by atoms with Crippen LogP contribution in [0.25, 0.3) is 0 Å². The maximum atomic E-state index is 5.28. The molecule has 0 spiro atoms. The minimum atomic E-state index is 0.900. The molecule has 0 aliphatic carbocycles. The van der Waals surface area contributed by atoms with Crippen LogP contribution in [0.1, 0.15) is 16.7 Å². The Morgan fingerprint density at radius 2 is 2.08 bits per heavy atom. The molecule has 1 heteroatoms. The van der Waals surface area contributed by atoms with Crippen molar-refractivity contribution >= 4 is 0 Å². The largest absolute Gasteiger partial charge is 0.496 e. The molecule has 0 saturated carbocycles. The molecule has 0 fully saturated rings. The summed E-state index contributed by atoms with van der Waals surface area (Å²) in [5.74, 6) is 0.969. The lowest BCUT2D eigenvalue weighted by Crippen LogP contribution is -1.93. The first kappa shape index (κ1) is 9.85. The van der Waals surface area contributed by atoms with E-state index in [9.17, 15) is 0 Å². The molecule has 0 radical (unpaired) electrons. The Morgan fingerprint density at radius 1 is 1.38 bits per heavy atom. The average Bonchev–Trinajstić information content (AvgIpc) is 2.11. The summed E-state index contributed by atoms with van der Waals surface area (Å²) in [6, 6.07) is 4.25. The summed E-state index contributed by atoms with van der Waals surface area (Å²) in [6.07, 6.45) is 2.81. The van der Waals surface area contributed by atoms with E-state index in [1.165, 1.54) is 16.7 Å². The molecule has 1 aromatic carbocycles. The van der Waals surface area contributed by atoms with Crippen LogP contribution in [-0.4, -0.2) is 7.11 Å². The third-order valence-corrected chi connectivity index (χ3v) is 2.28. The first-order valence-corrected chi connectivity index (χ1v) is 4.44. The number of benzene rings is 1. The Morgan fingerprint density at radius 3 is 2.62 bits per heavy atom. The van der Waals surface area contributed by atoms with Crippen molar-refractivity contribution in [3.8, 4) is 5.75 Å². The Balaban J connectivity index is 3.13. The van der Waals surface area contributed by atoms with Gasteiger partial charge in [0.05, 0.1) is 7.11 Å². The van der Waals surface area contributed by atoms with Crippen LogP contribution in [0.2, 0.25) is 0 Å². The third kappa shape index (κ3) is 2.11. The monoisotopic (exact) mass is 176 g/mol. The van der Waals surface area contributed by atoms with Crippen molar-refractivity contribution in [1.82, 2.24) is 0 Å². The second-order valence-electron chi connectivity index (χ2n) is 3.23. The average molecular weight is 176 g/mol. The van der Waals surface area contributed by atoms with Crippen molar-refractivity contribution in [3.63, 3.8) is 0 Å². The van der Waals surface area contributed by atoms with Crippen molar-refractivity contribution in [3.05, 3.63) is 41.5 Å². The van der Waals surface area contributed by atoms with Gasteiger partial charge < -0.3 is 4.74 Å². The van der Waals surface area contributed by atoms with Gasteiger partial charge in [0.1, 0.15) is 5.75 Å². The first-order chi connectivity index (χ1) is 6.19. The van der Waals surface area contributed by atoms with Crippen LogP contribution in [0.4, 0.5) is 0 Å². The fourth-order valence-electron chi connectivity index (χ4n) is 1.40. The normalized spacial score (nSPS) is 9.77. The van der Waals surface area contributed by atoms with Crippen molar-refractivity contribution in [2.75, 3.05) is 7.11 Å².